The fourth-order valence-corrected chi connectivity index (χ4v) is 3.23. The fourth-order valence-electron chi connectivity index (χ4n) is 3.23. The number of aromatic amines is 1. The predicted octanol–water partition coefficient (Wildman–Crippen LogP) is 4.16. The number of hydrogen-bond acceptors (Lipinski definition) is 7. The first kappa shape index (κ1) is 21.2. The minimum Gasteiger partial charge on any atom is -0.493 e. The Morgan fingerprint density at radius 2 is 1.84 bits per heavy atom. The molecule has 1 aromatic carbocycles. The highest BCUT2D eigenvalue weighted by Crippen LogP contribution is 2.37. The Hall–Kier alpha value is -4.09. The van der Waals surface area contributed by atoms with Crippen molar-refractivity contribution in [3.05, 3.63) is 53.9 Å². The molecule has 0 aliphatic heterocycles. The minimum atomic E-state index is -3.10. The standard InChI is InChI=1S/C20H18F3N7O2/c1-10-17(31-3)11(2)30(29-10)15-8-14(24-9-25-15)26-19-18(32-20(22)23)16(27-28-19)12-4-6-13(21)7-5-12/h4-9,20H,1-3H3,(H2,24,25,26,27,28). The van der Waals surface area contributed by atoms with Crippen LogP contribution in [0.25, 0.3) is 17.1 Å². The number of methoxy groups -OCH3 is 1. The van der Waals surface area contributed by atoms with Crippen LogP contribution in [0.5, 0.6) is 11.5 Å². The molecule has 4 rings (SSSR count). The number of benzene rings is 1. The van der Waals surface area contributed by atoms with Crippen molar-refractivity contribution in [2.24, 2.45) is 0 Å². The van der Waals surface area contributed by atoms with Crippen LogP contribution in [0.4, 0.5) is 24.8 Å². The maximum absolute atomic E-state index is 13.2. The van der Waals surface area contributed by atoms with Crippen LogP contribution in [0.15, 0.2) is 36.7 Å². The Morgan fingerprint density at radius 3 is 2.50 bits per heavy atom. The molecule has 2 N–H and O–H groups in total. The lowest BCUT2D eigenvalue weighted by molar-refractivity contribution is -0.0489. The molecular formula is C20H18F3N7O2. The van der Waals surface area contributed by atoms with Crippen LogP contribution in [-0.2, 0) is 0 Å². The number of aryl methyl sites for hydroxylation is 1. The zero-order valence-electron chi connectivity index (χ0n) is 17.2. The van der Waals surface area contributed by atoms with E-state index in [1.807, 2.05) is 6.92 Å². The third kappa shape index (κ3) is 4.06. The average molecular weight is 445 g/mol. The smallest absolute Gasteiger partial charge is 0.387 e. The number of rotatable bonds is 7. The number of alkyl halides is 2. The maximum atomic E-state index is 13.2. The molecule has 4 aromatic rings. The second-order valence-corrected chi connectivity index (χ2v) is 6.66. The Bertz CT molecular complexity index is 1240. The topological polar surface area (TPSA) is 103 Å². The summed E-state index contributed by atoms with van der Waals surface area (Å²) in [6.07, 6.45) is 1.29. The van der Waals surface area contributed by atoms with E-state index in [4.69, 9.17) is 4.74 Å². The molecule has 0 radical (unpaired) electrons. The molecule has 0 aliphatic carbocycles. The van der Waals surface area contributed by atoms with Gasteiger partial charge >= 0.3 is 6.61 Å². The van der Waals surface area contributed by atoms with Crippen LogP contribution in [0.1, 0.15) is 11.4 Å². The van der Waals surface area contributed by atoms with Crippen LogP contribution in [-0.4, -0.2) is 43.7 Å². The number of hydrogen-bond donors (Lipinski definition) is 2. The van der Waals surface area contributed by atoms with Gasteiger partial charge in [0, 0.05) is 11.6 Å². The Kier molecular flexibility index (Phi) is 5.67. The zero-order chi connectivity index (χ0) is 22.8. The summed E-state index contributed by atoms with van der Waals surface area (Å²) in [7, 11) is 1.55. The summed E-state index contributed by atoms with van der Waals surface area (Å²) in [5.41, 5.74) is 1.99. The van der Waals surface area contributed by atoms with Crippen molar-refractivity contribution in [3.8, 4) is 28.6 Å². The van der Waals surface area contributed by atoms with Crippen LogP contribution in [0.2, 0.25) is 0 Å². The predicted molar refractivity (Wildman–Crippen MR) is 109 cm³/mol. The highest BCUT2D eigenvalue weighted by atomic mass is 19.3. The molecule has 3 aromatic heterocycles. The zero-order valence-corrected chi connectivity index (χ0v) is 17.2. The van der Waals surface area contributed by atoms with Crippen molar-refractivity contribution < 1.29 is 22.6 Å². The number of H-pyrrole nitrogens is 1. The molecular weight excluding hydrogens is 427 g/mol. The number of aromatic nitrogens is 6. The van der Waals surface area contributed by atoms with E-state index in [-0.39, 0.29) is 23.1 Å². The van der Waals surface area contributed by atoms with Gasteiger partial charge in [0.05, 0.1) is 12.8 Å². The normalized spacial score (nSPS) is 11.1. The molecule has 0 atom stereocenters. The molecule has 0 bridgehead atoms. The van der Waals surface area contributed by atoms with Crippen LogP contribution in [0.3, 0.4) is 0 Å². The van der Waals surface area contributed by atoms with E-state index < -0.39 is 12.4 Å². The van der Waals surface area contributed by atoms with Crippen molar-refractivity contribution in [2.45, 2.75) is 20.5 Å². The molecule has 0 unspecified atom stereocenters. The van der Waals surface area contributed by atoms with Gasteiger partial charge in [-0.05, 0) is 38.1 Å². The van der Waals surface area contributed by atoms with Crippen molar-refractivity contribution >= 4 is 11.6 Å². The molecule has 0 aliphatic rings. The lowest BCUT2D eigenvalue weighted by Gasteiger charge is -2.10. The number of nitrogens with one attached hydrogen (secondary N) is 2. The van der Waals surface area contributed by atoms with E-state index >= 15 is 0 Å². The van der Waals surface area contributed by atoms with Gasteiger partial charge in [0.1, 0.15) is 29.4 Å². The molecule has 166 valence electrons. The summed E-state index contributed by atoms with van der Waals surface area (Å²) in [5, 5.41) is 13.9. The van der Waals surface area contributed by atoms with Gasteiger partial charge in [0.2, 0.25) is 0 Å². The third-order valence-corrected chi connectivity index (χ3v) is 4.61. The third-order valence-electron chi connectivity index (χ3n) is 4.61. The summed E-state index contributed by atoms with van der Waals surface area (Å²) in [6, 6.07) is 6.81. The monoisotopic (exact) mass is 445 g/mol. The number of ether oxygens (including phenoxy) is 2. The van der Waals surface area contributed by atoms with Crippen LogP contribution >= 0.6 is 0 Å². The Morgan fingerprint density at radius 1 is 1.09 bits per heavy atom. The maximum Gasteiger partial charge on any atom is 0.387 e. The van der Waals surface area contributed by atoms with Gasteiger partial charge in [0.25, 0.3) is 0 Å². The van der Waals surface area contributed by atoms with E-state index in [1.165, 1.54) is 30.6 Å². The first-order chi connectivity index (χ1) is 15.4. The Balaban J connectivity index is 1.69. The van der Waals surface area contributed by atoms with E-state index in [2.05, 4.69) is 35.3 Å². The van der Waals surface area contributed by atoms with Gasteiger partial charge in [-0.1, -0.05) is 0 Å². The lowest BCUT2D eigenvalue weighted by atomic mass is 10.1. The molecule has 0 saturated carbocycles. The van der Waals surface area contributed by atoms with Gasteiger partial charge in [-0.25, -0.2) is 19.0 Å². The molecule has 32 heavy (non-hydrogen) atoms. The van der Waals surface area contributed by atoms with Crippen molar-refractivity contribution in [2.75, 3.05) is 12.4 Å². The molecule has 12 heteroatoms. The summed E-state index contributed by atoms with van der Waals surface area (Å²) in [4.78, 5) is 8.32. The molecule has 0 saturated heterocycles. The number of anilines is 2. The molecule has 0 spiro atoms. The van der Waals surface area contributed by atoms with Crippen molar-refractivity contribution in [1.82, 2.24) is 29.9 Å². The molecule has 0 amide bonds. The second kappa shape index (κ2) is 8.57. The first-order valence-electron chi connectivity index (χ1n) is 9.36. The van der Waals surface area contributed by atoms with Crippen molar-refractivity contribution in [3.63, 3.8) is 0 Å². The Labute approximate surface area is 180 Å². The number of nitrogens with zero attached hydrogens (tertiary/aromatic N) is 5. The number of halogens is 3. The van der Waals surface area contributed by atoms with E-state index in [0.29, 0.717) is 22.8 Å². The molecule has 9 nitrogen and oxygen atoms in total. The largest absolute Gasteiger partial charge is 0.493 e. The van der Waals surface area contributed by atoms with Crippen LogP contribution < -0.4 is 14.8 Å². The summed E-state index contributed by atoms with van der Waals surface area (Å²) < 4.78 is 51.0. The van der Waals surface area contributed by atoms with E-state index in [0.717, 1.165) is 5.69 Å². The minimum absolute atomic E-state index is 0.0276. The van der Waals surface area contributed by atoms with Gasteiger partial charge in [-0.3, -0.25) is 5.10 Å². The van der Waals surface area contributed by atoms with Gasteiger partial charge in [0.15, 0.2) is 23.1 Å². The summed E-state index contributed by atoms with van der Waals surface area (Å²) >= 11 is 0. The molecule has 0 fully saturated rings. The average Bonchev–Trinajstić information content (AvgIpc) is 3.28. The summed E-state index contributed by atoms with van der Waals surface area (Å²) in [6.45, 7) is 0.526. The SMILES string of the molecule is COc1c(C)nn(-c2cc(Nc3n[nH]c(-c4ccc(F)cc4)c3OC(F)F)ncn2)c1C. The fraction of sp³-hybridized carbons (Fsp3) is 0.200. The van der Waals surface area contributed by atoms with Gasteiger partial charge in [-0.15, -0.1) is 0 Å². The van der Waals surface area contributed by atoms with Gasteiger partial charge in [-0.2, -0.15) is 19.0 Å². The van der Waals surface area contributed by atoms with E-state index in [9.17, 15) is 13.2 Å². The highest BCUT2D eigenvalue weighted by molar-refractivity contribution is 5.75. The lowest BCUT2D eigenvalue weighted by Crippen LogP contribution is -2.06. The van der Waals surface area contributed by atoms with Crippen LogP contribution in [0, 0.1) is 19.7 Å². The first-order valence-corrected chi connectivity index (χ1v) is 9.36. The van der Waals surface area contributed by atoms with Crippen molar-refractivity contribution in [1.29, 1.82) is 0 Å². The second-order valence-electron chi connectivity index (χ2n) is 6.66. The summed E-state index contributed by atoms with van der Waals surface area (Å²) in [5.74, 6) is 0.591. The van der Waals surface area contributed by atoms with E-state index in [1.54, 1.807) is 24.8 Å². The highest BCUT2D eigenvalue weighted by Gasteiger charge is 2.21. The quantitative estimate of drug-likeness (QED) is 0.440. The molecule has 3 heterocycles. The van der Waals surface area contributed by atoms with Gasteiger partial charge < -0.3 is 14.8 Å².